The second-order valence-corrected chi connectivity index (χ2v) is 7.06. The normalized spacial score (nSPS) is 11.8. The zero-order valence-electron chi connectivity index (χ0n) is 14.8. The highest BCUT2D eigenvalue weighted by molar-refractivity contribution is 7.17. The van der Waals surface area contributed by atoms with Gasteiger partial charge in [-0.3, -0.25) is 19.7 Å². The predicted octanol–water partition coefficient (Wildman–Crippen LogP) is 2.91. The third kappa shape index (κ3) is 4.16. The minimum Gasteiger partial charge on any atom is -0.387 e. The van der Waals surface area contributed by atoms with E-state index in [0.717, 1.165) is 10.1 Å². The van der Waals surface area contributed by atoms with Crippen molar-refractivity contribution in [2.75, 3.05) is 11.9 Å². The number of fused-ring (bicyclic) bond motifs is 1. The van der Waals surface area contributed by atoms with Crippen LogP contribution in [-0.2, 0) is 9.59 Å². The summed E-state index contributed by atoms with van der Waals surface area (Å²) in [7, 11) is 0. The highest BCUT2D eigenvalue weighted by Gasteiger charge is 2.21. The number of hydrogen-bond donors (Lipinski definition) is 3. The Morgan fingerprint density at radius 3 is 2.71 bits per heavy atom. The highest BCUT2D eigenvalue weighted by Crippen LogP contribution is 2.30. The molecule has 144 valence electrons. The summed E-state index contributed by atoms with van der Waals surface area (Å²) in [6.07, 6.45) is -0.985. The van der Waals surface area contributed by atoms with Crippen molar-refractivity contribution in [2.45, 2.75) is 13.0 Å². The fourth-order valence-corrected chi connectivity index (χ4v) is 3.72. The lowest BCUT2D eigenvalue weighted by Crippen LogP contribution is -2.37. The number of benzene rings is 2. The molecule has 0 bridgehead atoms. The average molecular weight is 399 g/mol. The van der Waals surface area contributed by atoms with Crippen molar-refractivity contribution in [3.8, 4) is 0 Å². The Morgan fingerprint density at radius 2 is 1.96 bits per heavy atom. The van der Waals surface area contributed by atoms with Crippen LogP contribution in [0.3, 0.4) is 0 Å². The fraction of sp³-hybridized carbons (Fsp3) is 0.158. The van der Waals surface area contributed by atoms with Gasteiger partial charge in [0.2, 0.25) is 0 Å². The number of carbonyl (C=O) groups is 2. The smallest absolute Gasteiger partial charge is 0.313 e. The van der Waals surface area contributed by atoms with E-state index in [1.165, 1.54) is 23.5 Å². The van der Waals surface area contributed by atoms with Gasteiger partial charge < -0.3 is 15.7 Å². The van der Waals surface area contributed by atoms with Gasteiger partial charge in [-0.05, 0) is 35.4 Å². The van der Waals surface area contributed by atoms with E-state index in [1.54, 1.807) is 18.4 Å². The first kappa shape index (κ1) is 19.5. The predicted molar refractivity (Wildman–Crippen MR) is 106 cm³/mol. The van der Waals surface area contributed by atoms with Gasteiger partial charge in [-0.15, -0.1) is 11.3 Å². The lowest BCUT2D eigenvalue weighted by molar-refractivity contribution is -0.384. The van der Waals surface area contributed by atoms with E-state index in [9.17, 15) is 24.8 Å². The topological polar surface area (TPSA) is 122 Å². The largest absolute Gasteiger partial charge is 0.387 e. The molecular formula is C19H17N3O5S. The fourth-order valence-electron chi connectivity index (χ4n) is 2.71. The third-order valence-electron chi connectivity index (χ3n) is 4.13. The van der Waals surface area contributed by atoms with Gasteiger partial charge in [0.25, 0.3) is 5.69 Å². The molecule has 1 atom stereocenters. The van der Waals surface area contributed by atoms with Gasteiger partial charge >= 0.3 is 11.8 Å². The molecule has 0 saturated heterocycles. The molecule has 2 aromatic carbocycles. The van der Waals surface area contributed by atoms with Gasteiger partial charge in [0.1, 0.15) is 5.69 Å². The number of nitro groups is 1. The highest BCUT2D eigenvalue weighted by atomic mass is 32.1. The van der Waals surface area contributed by atoms with Crippen LogP contribution in [0.4, 0.5) is 11.4 Å². The molecule has 9 heteroatoms. The van der Waals surface area contributed by atoms with Crippen LogP contribution < -0.4 is 10.6 Å². The molecule has 28 heavy (non-hydrogen) atoms. The second kappa shape index (κ2) is 8.15. The van der Waals surface area contributed by atoms with Gasteiger partial charge in [-0.25, -0.2) is 0 Å². The number of nitrogens with one attached hydrogen (secondary N) is 2. The Bertz CT molecular complexity index is 1060. The summed E-state index contributed by atoms with van der Waals surface area (Å²) in [6, 6.07) is 11.8. The Hall–Kier alpha value is -3.30. The molecule has 3 rings (SSSR count). The first-order valence-corrected chi connectivity index (χ1v) is 9.23. The zero-order valence-corrected chi connectivity index (χ0v) is 15.7. The van der Waals surface area contributed by atoms with Crippen molar-refractivity contribution >= 4 is 44.6 Å². The SMILES string of the molecule is Cc1ccc(NC(=O)C(=O)NCC(O)c2csc3ccccc23)c([N+](=O)[O-])c1. The molecule has 0 aliphatic carbocycles. The third-order valence-corrected chi connectivity index (χ3v) is 5.11. The standard InChI is InChI=1S/C19H17N3O5S/c1-11-6-7-14(15(8-11)22(26)27)21-19(25)18(24)20-9-16(23)13-10-28-17-5-3-2-4-12(13)17/h2-8,10,16,23H,9H2,1H3,(H,20,24)(H,21,25). The number of aryl methyl sites for hydroxylation is 1. The van der Waals surface area contributed by atoms with Gasteiger partial charge in [0.15, 0.2) is 0 Å². The monoisotopic (exact) mass is 399 g/mol. The lowest BCUT2D eigenvalue weighted by Gasteiger charge is -2.12. The van der Waals surface area contributed by atoms with Gasteiger partial charge in [0.05, 0.1) is 11.0 Å². The van der Waals surface area contributed by atoms with Crippen LogP contribution in [0.5, 0.6) is 0 Å². The van der Waals surface area contributed by atoms with Crippen molar-refractivity contribution in [1.82, 2.24) is 5.32 Å². The van der Waals surface area contributed by atoms with Crippen LogP contribution in [0, 0.1) is 17.0 Å². The summed E-state index contributed by atoms with van der Waals surface area (Å²) in [6.45, 7) is 1.52. The quantitative estimate of drug-likeness (QED) is 0.346. The summed E-state index contributed by atoms with van der Waals surface area (Å²) in [5, 5.41) is 28.7. The molecule has 8 nitrogen and oxygen atoms in total. The number of rotatable bonds is 5. The van der Waals surface area contributed by atoms with Crippen molar-refractivity contribution in [2.24, 2.45) is 0 Å². The number of nitrogens with zero attached hydrogens (tertiary/aromatic N) is 1. The number of hydrogen-bond acceptors (Lipinski definition) is 6. The molecule has 1 unspecified atom stereocenters. The maximum absolute atomic E-state index is 12.1. The minimum atomic E-state index is -1.05. The summed E-state index contributed by atoms with van der Waals surface area (Å²) in [4.78, 5) is 34.6. The molecule has 3 N–H and O–H groups in total. The molecule has 0 spiro atoms. The van der Waals surface area contributed by atoms with E-state index in [4.69, 9.17) is 0 Å². The molecule has 0 aliphatic heterocycles. The molecule has 0 fully saturated rings. The molecule has 3 aromatic rings. The van der Waals surface area contributed by atoms with E-state index >= 15 is 0 Å². The van der Waals surface area contributed by atoms with Crippen molar-refractivity contribution in [3.63, 3.8) is 0 Å². The van der Waals surface area contributed by atoms with E-state index in [0.29, 0.717) is 11.1 Å². The maximum Gasteiger partial charge on any atom is 0.313 e. The zero-order chi connectivity index (χ0) is 20.3. The maximum atomic E-state index is 12.1. The van der Waals surface area contributed by atoms with Gasteiger partial charge in [-0.2, -0.15) is 0 Å². The number of amides is 2. The van der Waals surface area contributed by atoms with Gasteiger partial charge in [0, 0.05) is 22.9 Å². The second-order valence-electron chi connectivity index (χ2n) is 6.14. The Labute approximate surface area is 164 Å². The summed E-state index contributed by atoms with van der Waals surface area (Å²) in [5.41, 5.74) is 0.946. The first-order chi connectivity index (χ1) is 13.4. The Morgan fingerprint density at radius 1 is 1.21 bits per heavy atom. The summed E-state index contributed by atoms with van der Waals surface area (Å²) < 4.78 is 1.01. The number of carbonyl (C=O) groups excluding carboxylic acids is 2. The molecule has 2 amide bonds. The van der Waals surface area contributed by atoms with Crippen LogP contribution in [-0.4, -0.2) is 28.4 Å². The molecule has 0 aliphatic rings. The van der Waals surface area contributed by atoms with Crippen molar-refractivity contribution in [3.05, 3.63) is 69.1 Å². The number of aliphatic hydroxyl groups is 1. The van der Waals surface area contributed by atoms with Crippen molar-refractivity contribution in [1.29, 1.82) is 0 Å². The first-order valence-electron chi connectivity index (χ1n) is 8.35. The van der Waals surface area contributed by atoms with Crippen molar-refractivity contribution < 1.29 is 19.6 Å². The van der Waals surface area contributed by atoms with Crippen LogP contribution >= 0.6 is 11.3 Å². The summed E-state index contributed by atoms with van der Waals surface area (Å²) in [5.74, 6) is -2.04. The average Bonchev–Trinajstić information content (AvgIpc) is 3.11. The number of anilines is 1. The van der Waals surface area contributed by atoms with Crippen LogP contribution in [0.25, 0.3) is 10.1 Å². The van der Waals surface area contributed by atoms with Crippen LogP contribution in [0.1, 0.15) is 17.2 Å². The molecule has 0 saturated carbocycles. The Kier molecular flexibility index (Phi) is 5.67. The van der Waals surface area contributed by atoms with E-state index in [-0.39, 0.29) is 17.9 Å². The number of aliphatic hydroxyl groups excluding tert-OH is 1. The van der Waals surface area contributed by atoms with E-state index in [1.807, 2.05) is 24.3 Å². The molecular weight excluding hydrogens is 382 g/mol. The van der Waals surface area contributed by atoms with Crippen LogP contribution in [0.2, 0.25) is 0 Å². The molecule has 1 aromatic heterocycles. The Balaban J connectivity index is 1.63. The number of thiophene rings is 1. The minimum absolute atomic E-state index is 0.0693. The summed E-state index contributed by atoms with van der Waals surface area (Å²) >= 11 is 1.47. The van der Waals surface area contributed by atoms with E-state index in [2.05, 4.69) is 10.6 Å². The van der Waals surface area contributed by atoms with Crippen LogP contribution in [0.15, 0.2) is 47.8 Å². The molecule has 0 radical (unpaired) electrons. The van der Waals surface area contributed by atoms with E-state index < -0.39 is 22.8 Å². The lowest BCUT2D eigenvalue weighted by atomic mass is 10.1. The van der Waals surface area contributed by atoms with Gasteiger partial charge in [-0.1, -0.05) is 24.3 Å². The molecule has 1 heterocycles. The number of nitro benzene ring substituents is 1.